The van der Waals surface area contributed by atoms with Crippen molar-refractivity contribution in [3.8, 4) is 0 Å². The molecule has 1 heterocycles. The minimum atomic E-state index is 0.718. The second-order valence-corrected chi connectivity index (χ2v) is 4.82. The number of nitrogens with two attached hydrogens (primary N) is 1. The van der Waals surface area contributed by atoms with Crippen molar-refractivity contribution >= 4 is 0 Å². The normalized spacial score (nSPS) is 23.2. The van der Waals surface area contributed by atoms with Crippen LogP contribution in [0.3, 0.4) is 0 Å². The van der Waals surface area contributed by atoms with Crippen molar-refractivity contribution in [2.75, 3.05) is 60.4 Å². The smallest absolute Gasteiger partial charge is 0.0232 e. The lowest BCUT2D eigenvalue weighted by Gasteiger charge is -2.24. The lowest BCUT2D eigenvalue weighted by molar-refractivity contribution is 0.227. The third-order valence-electron chi connectivity index (χ3n) is 3.22. The molecular weight excluding hydrogens is 188 g/mol. The van der Waals surface area contributed by atoms with Crippen LogP contribution in [0.5, 0.6) is 0 Å². The summed E-state index contributed by atoms with van der Waals surface area (Å²) in [6, 6.07) is 0.718. The van der Waals surface area contributed by atoms with Crippen LogP contribution >= 0.6 is 0 Å². The highest BCUT2D eigenvalue weighted by Crippen LogP contribution is 2.13. The highest BCUT2D eigenvalue weighted by Gasteiger charge is 2.24. The Bertz CT molecular complexity index is 172. The first-order chi connectivity index (χ1) is 7.13. The van der Waals surface area contributed by atoms with Gasteiger partial charge in [-0.1, -0.05) is 0 Å². The molecule has 0 aromatic carbocycles. The number of hydrogen-bond donors (Lipinski definition) is 1. The lowest BCUT2D eigenvalue weighted by Crippen LogP contribution is -2.38. The Kier molecular flexibility index (Phi) is 5.53. The monoisotopic (exact) mass is 214 g/mol. The van der Waals surface area contributed by atoms with Crippen molar-refractivity contribution in [1.29, 1.82) is 0 Å². The van der Waals surface area contributed by atoms with Gasteiger partial charge >= 0.3 is 0 Å². The molecule has 1 rings (SSSR count). The molecule has 1 fully saturated rings. The van der Waals surface area contributed by atoms with Crippen LogP contribution in [0.1, 0.15) is 6.42 Å². The lowest BCUT2D eigenvalue weighted by atomic mass is 10.2. The molecule has 0 bridgehead atoms. The zero-order valence-corrected chi connectivity index (χ0v) is 10.4. The summed E-state index contributed by atoms with van der Waals surface area (Å²) in [5.74, 6) is 0. The van der Waals surface area contributed by atoms with E-state index in [-0.39, 0.29) is 0 Å². The summed E-state index contributed by atoms with van der Waals surface area (Å²) in [7, 11) is 6.45. The molecule has 0 aliphatic carbocycles. The van der Waals surface area contributed by atoms with E-state index in [1.165, 1.54) is 26.1 Å². The second-order valence-electron chi connectivity index (χ2n) is 4.82. The molecule has 90 valence electrons. The molecule has 0 aromatic heterocycles. The first-order valence-electron chi connectivity index (χ1n) is 5.91. The van der Waals surface area contributed by atoms with Gasteiger partial charge in [-0.3, -0.25) is 0 Å². The number of nitrogens with zero attached hydrogens (tertiary/aromatic N) is 3. The quantitative estimate of drug-likeness (QED) is 0.647. The minimum Gasteiger partial charge on any atom is -0.329 e. The summed E-state index contributed by atoms with van der Waals surface area (Å²) in [4.78, 5) is 7.20. The molecule has 1 unspecified atom stereocenters. The van der Waals surface area contributed by atoms with Gasteiger partial charge < -0.3 is 20.4 Å². The Labute approximate surface area is 94.0 Å². The number of likely N-dealkylation sites (tertiary alicyclic amines) is 1. The minimum absolute atomic E-state index is 0.718. The van der Waals surface area contributed by atoms with Gasteiger partial charge in [0.15, 0.2) is 0 Å². The van der Waals surface area contributed by atoms with Crippen LogP contribution in [0.15, 0.2) is 0 Å². The Balaban J connectivity index is 2.20. The van der Waals surface area contributed by atoms with E-state index in [2.05, 4.69) is 35.8 Å². The number of likely N-dealkylation sites (N-methyl/N-ethyl adjacent to an activating group) is 2. The third kappa shape index (κ3) is 4.47. The van der Waals surface area contributed by atoms with Crippen molar-refractivity contribution in [2.45, 2.75) is 12.5 Å². The molecule has 0 aromatic rings. The van der Waals surface area contributed by atoms with Crippen LogP contribution in [-0.2, 0) is 0 Å². The molecule has 0 spiro atoms. The van der Waals surface area contributed by atoms with Crippen LogP contribution in [0, 0.1) is 0 Å². The van der Waals surface area contributed by atoms with Crippen LogP contribution in [0.4, 0.5) is 0 Å². The van der Waals surface area contributed by atoms with Crippen LogP contribution < -0.4 is 5.73 Å². The molecule has 0 amide bonds. The summed E-state index contributed by atoms with van der Waals surface area (Å²) in [5.41, 5.74) is 5.57. The molecular formula is C11H26N4. The largest absolute Gasteiger partial charge is 0.329 e. The highest BCUT2D eigenvalue weighted by molar-refractivity contribution is 4.82. The van der Waals surface area contributed by atoms with Crippen molar-refractivity contribution in [1.82, 2.24) is 14.7 Å². The maximum absolute atomic E-state index is 5.57. The van der Waals surface area contributed by atoms with Gasteiger partial charge in [-0.15, -0.1) is 0 Å². The fourth-order valence-corrected chi connectivity index (χ4v) is 2.10. The van der Waals surface area contributed by atoms with E-state index in [9.17, 15) is 0 Å². The topological polar surface area (TPSA) is 35.7 Å². The fraction of sp³-hybridized carbons (Fsp3) is 1.00. The summed E-state index contributed by atoms with van der Waals surface area (Å²) >= 11 is 0. The number of rotatable bonds is 6. The fourth-order valence-electron chi connectivity index (χ4n) is 2.10. The molecule has 1 atom stereocenters. The highest BCUT2D eigenvalue weighted by atomic mass is 15.3. The number of hydrogen-bond acceptors (Lipinski definition) is 4. The van der Waals surface area contributed by atoms with Crippen molar-refractivity contribution in [2.24, 2.45) is 5.73 Å². The van der Waals surface area contributed by atoms with E-state index in [4.69, 9.17) is 5.73 Å². The van der Waals surface area contributed by atoms with Gasteiger partial charge in [0, 0.05) is 38.8 Å². The molecule has 4 nitrogen and oxygen atoms in total. The molecule has 2 N–H and O–H groups in total. The zero-order valence-electron chi connectivity index (χ0n) is 10.4. The van der Waals surface area contributed by atoms with Crippen LogP contribution in [0.25, 0.3) is 0 Å². The molecule has 0 radical (unpaired) electrons. The van der Waals surface area contributed by atoms with Crippen molar-refractivity contribution in [3.63, 3.8) is 0 Å². The second kappa shape index (κ2) is 6.43. The summed E-state index contributed by atoms with van der Waals surface area (Å²) < 4.78 is 0. The first kappa shape index (κ1) is 12.9. The van der Waals surface area contributed by atoms with Gasteiger partial charge in [-0.2, -0.15) is 0 Å². The Morgan fingerprint density at radius 1 is 1.27 bits per heavy atom. The molecule has 1 aliphatic heterocycles. The molecule has 1 saturated heterocycles. The van der Waals surface area contributed by atoms with Gasteiger partial charge in [0.1, 0.15) is 0 Å². The predicted molar refractivity (Wildman–Crippen MR) is 65.1 cm³/mol. The molecule has 0 saturated carbocycles. The van der Waals surface area contributed by atoms with Crippen LogP contribution in [0.2, 0.25) is 0 Å². The first-order valence-corrected chi connectivity index (χ1v) is 5.91. The van der Waals surface area contributed by atoms with Gasteiger partial charge in [0.2, 0.25) is 0 Å². The van der Waals surface area contributed by atoms with E-state index in [0.29, 0.717) is 0 Å². The van der Waals surface area contributed by atoms with E-state index < -0.39 is 0 Å². The average Bonchev–Trinajstić information content (AvgIpc) is 2.63. The zero-order chi connectivity index (χ0) is 11.3. The standard InChI is InChI=1S/C11H26N4/c1-13(2)8-9-15-6-4-11(10-15)14(3)7-5-12/h11H,4-10,12H2,1-3H3. The summed E-state index contributed by atoms with van der Waals surface area (Å²) in [6.07, 6.45) is 1.30. The average molecular weight is 214 g/mol. The molecule has 4 heteroatoms. The van der Waals surface area contributed by atoms with E-state index in [1.807, 2.05) is 0 Å². The van der Waals surface area contributed by atoms with Crippen molar-refractivity contribution < 1.29 is 0 Å². The van der Waals surface area contributed by atoms with E-state index in [0.717, 1.165) is 25.7 Å². The summed E-state index contributed by atoms with van der Waals surface area (Å²) in [6.45, 7) is 6.60. The summed E-state index contributed by atoms with van der Waals surface area (Å²) in [5, 5.41) is 0. The Morgan fingerprint density at radius 3 is 2.60 bits per heavy atom. The predicted octanol–water partition coefficient (Wildman–Crippen LogP) is -0.487. The third-order valence-corrected chi connectivity index (χ3v) is 3.22. The maximum Gasteiger partial charge on any atom is 0.0232 e. The van der Waals surface area contributed by atoms with Crippen LogP contribution in [-0.4, -0.2) is 81.2 Å². The van der Waals surface area contributed by atoms with E-state index in [1.54, 1.807) is 0 Å². The SMILES string of the molecule is CN(C)CCN1CCC(N(C)CCN)C1. The van der Waals surface area contributed by atoms with Gasteiger partial charge in [0.25, 0.3) is 0 Å². The Morgan fingerprint density at radius 2 is 2.00 bits per heavy atom. The maximum atomic E-state index is 5.57. The van der Waals surface area contributed by atoms with E-state index >= 15 is 0 Å². The molecule has 15 heavy (non-hydrogen) atoms. The van der Waals surface area contributed by atoms with Gasteiger partial charge in [-0.05, 0) is 34.1 Å². The molecule has 1 aliphatic rings. The van der Waals surface area contributed by atoms with Gasteiger partial charge in [0.05, 0.1) is 0 Å². The van der Waals surface area contributed by atoms with Crippen molar-refractivity contribution in [3.05, 3.63) is 0 Å². The van der Waals surface area contributed by atoms with Gasteiger partial charge in [-0.25, -0.2) is 0 Å². The Hall–Kier alpha value is -0.160.